The Morgan fingerprint density at radius 1 is 1.31 bits per heavy atom. The Morgan fingerprint density at radius 3 is 2.83 bits per heavy atom. The molecular weight excluding hydrogens is 360 g/mol. The molecule has 1 heterocycles. The molecule has 7 atom stereocenters. The van der Waals surface area contributed by atoms with Gasteiger partial charge in [-0.2, -0.15) is 0 Å². The average Bonchev–Trinajstić information content (AvgIpc) is 2.72. The third-order valence-corrected chi connectivity index (χ3v) is 6.79. The Morgan fingerprint density at radius 2 is 2.10 bits per heavy atom. The molecule has 0 unspecified atom stereocenters. The molecule has 0 aromatic carbocycles. The van der Waals surface area contributed by atoms with E-state index in [-0.39, 0.29) is 17.9 Å². The van der Waals surface area contributed by atoms with Crippen LogP contribution in [0.2, 0.25) is 0 Å². The van der Waals surface area contributed by atoms with Crippen LogP contribution in [0.25, 0.3) is 0 Å². The molecular formula is C25H34N2O2. The van der Waals surface area contributed by atoms with Crippen molar-refractivity contribution in [1.82, 2.24) is 10.3 Å². The lowest BCUT2D eigenvalue weighted by molar-refractivity contribution is -0.117. The number of carbonyl (C=O) groups is 1. The van der Waals surface area contributed by atoms with E-state index in [4.69, 9.17) is 0 Å². The van der Waals surface area contributed by atoms with Crippen molar-refractivity contribution in [1.29, 1.82) is 0 Å². The Bertz CT molecular complexity index is 783. The van der Waals surface area contributed by atoms with Gasteiger partial charge in [-0.05, 0) is 60.5 Å². The van der Waals surface area contributed by atoms with Gasteiger partial charge in [0.25, 0.3) is 0 Å². The molecule has 1 aromatic rings. The van der Waals surface area contributed by atoms with E-state index in [0.29, 0.717) is 41.7 Å². The molecule has 156 valence electrons. The third-order valence-electron chi connectivity index (χ3n) is 6.79. The number of aromatic nitrogens is 1. The van der Waals surface area contributed by atoms with Crippen LogP contribution in [0.15, 0.2) is 60.5 Å². The number of allylic oxidation sites excluding steroid dienone is 5. The predicted octanol–water partition coefficient (Wildman–Crippen LogP) is 4.29. The van der Waals surface area contributed by atoms with E-state index >= 15 is 0 Å². The maximum absolute atomic E-state index is 12.3. The zero-order valence-electron chi connectivity index (χ0n) is 18.0. The van der Waals surface area contributed by atoms with E-state index in [1.807, 2.05) is 31.2 Å². The fourth-order valence-corrected chi connectivity index (χ4v) is 5.03. The summed E-state index contributed by atoms with van der Waals surface area (Å²) in [5, 5.41) is 13.5. The Hall–Kier alpha value is -2.20. The van der Waals surface area contributed by atoms with Crippen LogP contribution >= 0.6 is 0 Å². The first kappa shape index (κ1) is 21.5. The highest BCUT2D eigenvalue weighted by atomic mass is 16.3. The van der Waals surface area contributed by atoms with Crippen molar-refractivity contribution >= 4 is 5.91 Å². The average molecular weight is 395 g/mol. The van der Waals surface area contributed by atoms with Gasteiger partial charge in [-0.25, -0.2) is 0 Å². The highest BCUT2D eigenvalue weighted by Crippen LogP contribution is 2.48. The summed E-state index contributed by atoms with van der Waals surface area (Å²) in [5.74, 6) is 2.35. The smallest absolute Gasteiger partial charge is 0.247 e. The van der Waals surface area contributed by atoms with E-state index < -0.39 is 0 Å². The molecule has 2 aliphatic carbocycles. The van der Waals surface area contributed by atoms with Crippen LogP contribution in [0.3, 0.4) is 0 Å². The molecule has 0 saturated heterocycles. The summed E-state index contributed by atoms with van der Waals surface area (Å²) in [6.07, 6.45) is 15.1. The number of fused-ring (bicyclic) bond motifs is 1. The van der Waals surface area contributed by atoms with Gasteiger partial charge in [-0.3, -0.25) is 9.78 Å². The highest BCUT2D eigenvalue weighted by Gasteiger charge is 2.44. The zero-order chi connectivity index (χ0) is 21.0. The Labute approximate surface area is 174 Å². The molecule has 2 N–H and O–H groups in total. The highest BCUT2D eigenvalue weighted by molar-refractivity contribution is 5.93. The van der Waals surface area contributed by atoms with Crippen LogP contribution in [0.5, 0.6) is 0 Å². The first-order valence-corrected chi connectivity index (χ1v) is 10.8. The fraction of sp³-hybridized carbons (Fsp3) is 0.520. The molecule has 29 heavy (non-hydrogen) atoms. The van der Waals surface area contributed by atoms with Gasteiger partial charge in [0.15, 0.2) is 0 Å². The van der Waals surface area contributed by atoms with Crippen molar-refractivity contribution in [2.75, 3.05) is 0 Å². The van der Waals surface area contributed by atoms with Crippen LogP contribution < -0.4 is 5.32 Å². The van der Waals surface area contributed by atoms with E-state index in [9.17, 15) is 9.90 Å². The van der Waals surface area contributed by atoms with E-state index in [2.05, 4.69) is 49.3 Å². The molecule has 4 nitrogen and oxygen atoms in total. The number of rotatable bonds is 5. The lowest BCUT2D eigenvalue weighted by Gasteiger charge is -2.48. The van der Waals surface area contributed by atoms with Gasteiger partial charge in [-0.15, -0.1) is 0 Å². The summed E-state index contributed by atoms with van der Waals surface area (Å²) in [6.45, 7) is 8.91. The summed E-state index contributed by atoms with van der Waals surface area (Å²) in [4.78, 5) is 16.4. The summed E-state index contributed by atoms with van der Waals surface area (Å²) in [6, 6.07) is 3.81. The SMILES string of the molecule is C/C(=C\C=C\[C@@H]1[C@H]2[C@H](C)[C@@H](O)[C@H](C)C[C@@H]2C=C[C@@H]1C)C(=O)NCc1cccnc1. The molecule has 1 aromatic heterocycles. The summed E-state index contributed by atoms with van der Waals surface area (Å²) >= 11 is 0. The minimum absolute atomic E-state index is 0.0664. The lowest BCUT2D eigenvalue weighted by Crippen LogP contribution is -2.46. The minimum Gasteiger partial charge on any atom is -0.393 e. The maximum atomic E-state index is 12.3. The van der Waals surface area contributed by atoms with Gasteiger partial charge < -0.3 is 10.4 Å². The number of aliphatic hydroxyl groups excluding tert-OH is 1. The fourth-order valence-electron chi connectivity index (χ4n) is 5.03. The minimum atomic E-state index is -0.235. The number of hydrogen-bond acceptors (Lipinski definition) is 3. The molecule has 4 heteroatoms. The molecule has 0 spiro atoms. The number of nitrogens with zero attached hydrogens (tertiary/aromatic N) is 1. The van der Waals surface area contributed by atoms with Crippen molar-refractivity contribution in [2.24, 2.45) is 35.5 Å². The molecule has 0 bridgehead atoms. The van der Waals surface area contributed by atoms with Gasteiger partial charge in [0.05, 0.1) is 6.10 Å². The molecule has 1 amide bonds. The second kappa shape index (κ2) is 9.53. The molecule has 2 aliphatic rings. The number of nitrogens with one attached hydrogen (secondary N) is 1. The van der Waals surface area contributed by atoms with Crippen LogP contribution in [-0.2, 0) is 11.3 Å². The van der Waals surface area contributed by atoms with Gasteiger partial charge in [0.2, 0.25) is 5.91 Å². The van der Waals surface area contributed by atoms with Gasteiger partial charge in [0.1, 0.15) is 0 Å². The van der Waals surface area contributed by atoms with E-state index in [1.165, 1.54) is 0 Å². The maximum Gasteiger partial charge on any atom is 0.247 e. The third kappa shape index (κ3) is 5.05. The number of carbonyl (C=O) groups excluding carboxylic acids is 1. The van der Waals surface area contributed by atoms with Gasteiger partial charge in [0, 0.05) is 24.5 Å². The first-order valence-electron chi connectivity index (χ1n) is 10.8. The van der Waals surface area contributed by atoms with Gasteiger partial charge in [-0.1, -0.05) is 57.2 Å². The van der Waals surface area contributed by atoms with Crippen molar-refractivity contribution in [2.45, 2.75) is 46.8 Å². The molecule has 0 aliphatic heterocycles. The molecule has 0 radical (unpaired) electrons. The Kier molecular flexibility index (Phi) is 7.07. The van der Waals surface area contributed by atoms with Crippen LogP contribution in [0, 0.1) is 35.5 Å². The van der Waals surface area contributed by atoms with Crippen LogP contribution in [0.1, 0.15) is 39.7 Å². The lowest BCUT2D eigenvalue weighted by atomic mass is 9.58. The van der Waals surface area contributed by atoms with E-state index in [0.717, 1.165) is 12.0 Å². The number of pyridine rings is 1. The number of hydrogen-bond donors (Lipinski definition) is 2. The molecule has 1 saturated carbocycles. The molecule has 1 fully saturated rings. The normalized spacial score (nSPS) is 34.8. The van der Waals surface area contributed by atoms with Crippen LogP contribution in [-0.4, -0.2) is 22.1 Å². The van der Waals surface area contributed by atoms with Crippen LogP contribution in [0.4, 0.5) is 0 Å². The monoisotopic (exact) mass is 394 g/mol. The van der Waals surface area contributed by atoms with Crippen molar-refractivity contribution in [3.63, 3.8) is 0 Å². The number of aliphatic hydroxyl groups is 1. The first-order chi connectivity index (χ1) is 13.9. The standard InChI is InChI=1S/C25H34N2O2/c1-16-10-11-21-13-18(3)24(28)19(4)23(21)22(16)9-5-7-17(2)25(29)27-15-20-8-6-12-26-14-20/h5-12,14,16,18-19,21-24,28H,13,15H2,1-4H3,(H,27,29)/b9-5+,17-7+/t16-,18+,19-,21-,22-,23-,24-/m0/s1. The van der Waals surface area contributed by atoms with Crippen molar-refractivity contribution < 1.29 is 9.90 Å². The quantitative estimate of drug-likeness (QED) is 0.445. The Balaban J connectivity index is 1.64. The summed E-state index contributed by atoms with van der Waals surface area (Å²) in [7, 11) is 0. The topological polar surface area (TPSA) is 62.2 Å². The van der Waals surface area contributed by atoms with Crippen molar-refractivity contribution in [3.05, 3.63) is 66.0 Å². The second-order valence-corrected chi connectivity index (χ2v) is 8.90. The predicted molar refractivity (Wildman–Crippen MR) is 117 cm³/mol. The summed E-state index contributed by atoms with van der Waals surface area (Å²) < 4.78 is 0. The van der Waals surface area contributed by atoms with Crippen molar-refractivity contribution in [3.8, 4) is 0 Å². The second-order valence-electron chi connectivity index (χ2n) is 8.90. The van der Waals surface area contributed by atoms with Gasteiger partial charge >= 0.3 is 0 Å². The summed E-state index contributed by atoms with van der Waals surface area (Å²) in [5.41, 5.74) is 1.67. The van der Waals surface area contributed by atoms with E-state index in [1.54, 1.807) is 12.4 Å². The zero-order valence-corrected chi connectivity index (χ0v) is 18.0. The largest absolute Gasteiger partial charge is 0.393 e. The molecule has 3 rings (SSSR count). The number of amides is 1.